The van der Waals surface area contributed by atoms with Gasteiger partial charge in [0.15, 0.2) is 0 Å². The van der Waals surface area contributed by atoms with Crippen LogP contribution in [0.4, 0.5) is 8.78 Å². The Morgan fingerprint density at radius 1 is 0.788 bits per heavy atom. The van der Waals surface area contributed by atoms with Crippen LogP contribution in [0, 0.1) is 17.6 Å². The fraction of sp³-hybridized carbons (Fsp3) is 0.379. The van der Waals surface area contributed by atoms with Crippen molar-refractivity contribution in [1.82, 2.24) is 4.90 Å². The molecule has 0 spiro atoms. The van der Waals surface area contributed by atoms with Gasteiger partial charge in [-0.15, -0.1) is 0 Å². The number of hydrogen-bond acceptors (Lipinski definition) is 2. The quantitative estimate of drug-likeness (QED) is 0.337. The number of piperidine rings is 1. The Morgan fingerprint density at radius 2 is 1.36 bits per heavy atom. The number of hydrogen-bond donors (Lipinski definition) is 0. The molecular formula is C29H33F2NO. The molecule has 1 heterocycles. The van der Waals surface area contributed by atoms with Crippen molar-refractivity contribution < 1.29 is 13.5 Å². The highest BCUT2D eigenvalue weighted by Crippen LogP contribution is 2.27. The first kappa shape index (κ1) is 23.6. The van der Waals surface area contributed by atoms with Crippen LogP contribution in [0.1, 0.15) is 48.5 Å². The van der Waals surface area contributed by atoms with Gasteiger partial charge in [-0.2, -0.15) is 0 Å². The highest BCUT2D eigenvalue weighted by molar-refractivity contribution is 5.30. The lowest BCUT2D eigenvalue weighted by atomic mass is 9.91. The van der Waals surface area contributed by atoms with Crippen molar-refractivity contribution in [2.75, 3.05) is 26.2 Å². The summed E-state index contributed by atoms with van der Waals surface area (Å²) >= 11 is 0. The van der Waals surface area contributed by atoms with Gasteiger partial charge in [-0.05, 0) is 85.6 Å². The van der Waals surface area contributed by atoms with Crippen molar-refractivity contribution in [3.8, 4) is 0 Å². The third-order valence-electron chi connectivity index (χ3n) is 6.67. The molecule has 1 aliphatic rings. The van der Waals surface area contributed by atoms with E-state index in [1.165, 1.54) is 61.9 Å². The summed E-state index contributed by atoms with van der Waals surface area (Å²) in [7, 11) is 0. The van der Waals surface area contributed by atoms with Crippen molar-refractivity contribution >= 4 is 0 Å². The second-order valence-electron chi connectivity index (χ2n) is 9.02. The maximum atomic E-state index is 13.4. The Hall–Kier alpha value is -2.56. The zero-order valence-electron chi connectivity index (χ0n) is 19.1. The van der Waals surface area contributed by atoms with Crippen molar-refractivity contribution in [3.63, 3.8) is 0 Å². The Balaban J connectivity index is 1.22. The maximum absolute atomic E-state index is 13.4. The molecule has 0 saturated carbocycles. The predicted octanol–water partition coefficient (Wildman–Crippen LogP) is 6.81. The molecule has 3 aromatic carbocycles. The molecule has 1 saturated heterocycles. The molecule has 1 aliphatic heterocycles. The summed E-state index contributed by atoms with van der Waals surface area (Å²) in [6, 6.07) is 23.5. The molecule has 33 heavy (non-hydrogen) atoms. The Labute approximate surface area is 196 Å². The van der Waals surface area contributed by atoms with Crippen LogP contribution < -0.4 is 0 Å². The van der Waals surface area contributed by atoms with Gasteiger partial charge in [0.25, 0.3) is 0 Å². The Bertz CT molecular complexity index is 906. The van der Waals surface area contributed by atoms with E-state index in [9.17, 15) is 8.78 Å². The Morgan fingerprint density at radius 3 is 1.94 bits per heavy atom. The predicted molar refractivity (Wildman–Crippen MR) is 129 cm³/mol. The first-order chi connectivity index (χ1) is 16.2. The van der Waals surface area contributed by atoms with Gasteiger partial charge in [0.1, 0.15) is 17.7 Å². The van der Waals surface area contributed by atoms with Gasteiger partial charge in [0, 0.05) is 6.54 Å². The van der Waals surface area contributed by atoms with E-state index >= 15 is 0 Å². The second-order valence-corrected chi connectivity index (χ2v) is 9.02. The molecule has 1 fully saturated rings. The molecule has 0 aliphatic carbocycles. The molecule has 0 amide bonds. The van der Waals surface area contributed by atoms with Crippen LogP contribution >= 0.6 is 0 Å². The largest absolute Gasteiger partial charge is 0.367 e. The van der Waals surface area contributed by atoms with Gasteiger partial charge in [-0.3, -0.25) is 0 Å². The topological polar surface area (TPSA) is 12.5 Å². The van der Waals surface area contributed by atoms with Crippen LogP contribution in [0.15, 0.2) is 78.9 Å². The average molecular weight is 450 g/mol. The van der Waals surface area contributed by atoms with Crippen molar-refractivity contribution in [3.05, 3.63) is 107 Å². The maximum Gasteiger partial charge on any atom is 0.123 e. The van der Waals surface area contributed by atoms with Crippen LogP contribution in [0.2, 0.25) is 0 Å². The van der Waals surface area contributed by atoms with Gasteiger partial charge in [0.2, 0.25) is 0 Å². The summed E-state index contributed by atoms with van der Waals surface area (Å²) in [6.07, 6.45) is 5.89. The molecule has 0 N–H and O–H groups in total. The molecule has 0 bridgehead atoms. The van der Waals surface area contributed by atoms with Crippen molar-refractivity contribution in [2.24, 2.45) is 5.92 Å². The number of likely N-dealkylation sites (tertiary alicyclic amines) is 1. The van der Waals surface area contributed by atoms with E-state index in [1.807, 2.05) is 0 Å². The van der Waals surface area contributed by atoms with Crippen LogP contribution in [0.5, 0.6) is 0 Å². The van der Waals surface area contributed by atoms with Crippen molar-refractivity contribution in [2.45, 2.75) is 38.2 Å². The lowest BCUT2D eigenvalue weighted by Crippen LogP contribution is -2.36. The van der Waals surface area contributed by atoms with E-state index < -0.39 is 0 Å². The molecule has 4 heteroatoms. The third kappa shape index (κ3) is 7.21. The zero-order valence-corrected chi connectivity index (χ0v) is 19.1. The van der Waals surface area contributed by atoms with E-state index in [1.54, 1.807) is 24.3 Å². The molecular weight excluding hydrogens is 416 g/mol. The van der Waals surface area contributed by atoms with Crippen molar-refractivity contribution in [1.29, 1.82) is 0 Å². The minimum Gasteiger partial charge on any atom is -0.367 e. The monoisotopic (exact) mass is 449 g/mol. The minimum absolute atomic E-state index is 0.275. The van der Waals surface area contributed by atoms with E-state index in [-0.39, 0.29) is 17.7 Å². The van der Waals surface area contributed by atoms with Crippen LogP contribution in [0.3, 0.4) is 0 Å². The molecule has 0 radical (unpaired) electrons. The summed E-state index contributed by atoms with van der Waals surface area (Å²) in [4.78, 5) is 2.47. The molecule has 3 aromatic rings. The molecule has 174 valence electrons. The summed E-state index contributed by atoms with van der Waals surface area (Å²) in [5.41, 5.74) is 3.18. The highest BCUT2D eigenvalue weighted by Gasteiger charge is 2.20. The first-order valence-corrected chi connectivity index (χ1v) is 12.1. The Kier molecular flexibility index (Phi) is 8.62. The average Bonchev–Trinajstić information content (AvgIpc) is 2.85. The minimum atomic E-state index is -0.332. The SMILES string of the molecule is Fc1ccc(C(OCCN2CCC(CCCc3ccccc3)CC2)c2ccc(F)cc2)cc1. The highest BCUT2D eigenvalue weighted by atomic mass is 19.1. The van der Waals surface area contributed by atoms with E-state index in [2.05, 4.69) is 35.2 Å². The third-order valence-corrected chi connectivity index (χ3v) is 6.67. The fourth-order valence-corrected chi connectivity index (χ4v) is 4.70. The number of nitrogens with zero attached hydrogens (tertiary/aromatic N) is 1. The van der Waals surface area contributed by atoms with Gasteiger partial charge in [-0.1, -0.05) is 61.0 Å². The number of rotatable bonds is 10. The molecule has 0 atom stereocenters. The summed E-state index contributed by atoms with van der Waals surface area (Å²) < 4.78 is 33.0. The number of ether oxygens (including phenoxy) is 1. The zero-order chi connectivity index (χ0) is 22.9. The van der Waals surface area contributed by atoms with Crippen LogP contribution in [-0.4, -0.2) is 31.1 Å². The summed E-state index contributed by atoms with van der Waals surface area (Å²) in [5.74, 6) is 0.267. The smallest absolute Gasteiger partial charge is 0.123 e. The second kappa shape index (κ2) is 12.1. The molecule has 4 rings (SSSR count). The van der Waals surface area contributed by atoms with Gasteiger partial charge in [-0.25, -0.2) is 8.78 Å². The summed E-state index contributed by atoms with van der Waals surface area (Å²) in [5, 5.41) is 0. The fourth-order valence-electron chi connectivity index (χ4n) is 4.70. The van der Waals surface area contributed by atoms with Gasteiger partial charge < -0.3 is 9.64 Å². The van der Waals surface area contributed by atoms with Crippen LogP contribution in [-0.2, 0) is 11.2 Å². The lowest BCUT2D eigenvalue weighted by molar-refractivity contribution is 0.0508. The first-order valence-electron chi connectivity index (χ1n) is 12.1. The number of halogens is 2. The van der Waals surface area contributed by atoms with Crippen LogP contribution in [0.25, 0.3) is 0 Å². The summed E-state index contributed by atoms with van der Waals surface area (Å²) in [6.45, 7) is 3.67. The van der Waals surface area contributed by atoms with E-state index in [0.29, 0.717) is 6.61 Å². The number of benzene rings is 3. The van der Waals surface area contributed by atoms with E-state index in [0.717, 1.165) is 36.7 Å². The molecule has 0 unspecified atom stereocenters. The normalized spacial score (nSPS) is 15.2. The molecule has 2 nitrogen and oxygen atoms in total. The van der Waals surface area contributed by atoms with Gasteiger partial charge in [0.05, 0.1) is 6.61 Å². The lowest BCUT2D eigenvalue weighted by Gasteiger charge is -2.32. The molecule has 0 aromatic heterocycles. The van der Waals surface area contributed by atoms with E-state index in [4.69, 9.17) is 4.74 Å². The standard InChI is InChI=1S/C29H33F2NO/c30-27-13-9-25(10-14-27)29(26-11-15-28(31)16-12-26)33-22-21-32-19-17-24(18-20-32)8-4-7-23-5-2-1-3-6-23/h1-3,5-6,9-16,24,29H,4,7-8,17-22H2. The number of aryl methyl sites for hydroxylation is 1. The van der Waals surface area contributed by atoms with Gasteiger partial charge >= 0.3 is 0 Å².